The molecule has 2 nitrogen and oxygen atoms in total. The molecule has 0 aromatic rings. The Balaban J connectivity index is 2.30. The van der Waals surface area contributed by atoms with Crippen LogP contribution in [0.5, 0.6) is 0 Å². The zero-order valence-corrected chi connectivity index (χ0v) is 14.4. The molecular formula is C19H34O2. The van der Waals surface area contributed by atoms with Crippen LogP contribution in [0.2, 0.25) is 0 Å². The van der Waals surface area contributed by atoms with Crippen molar-refractivity contribution in [1.82, 2.24) is 0 Å². The van der Waals surface area contributed by atoms with E-state index >= 15 is 0 Å². The number of ether oxygens (including phenoxy) is 1. The Kier molecular flexibility index (Phi) is 8.72. The summed E-state index contributed by atoms with van der Waals surface area (Å²) in [6.45, 7) is 9.58. The van der Waals surface area contributed by atoms with Crippen molar-refractivity contribution < 1.29 is 9.53 Å². The van der Waals surface area contributed by atoms with Crippen molar-refractivity contribution in [3.8, 4) is 0 Å². The highest BCUT2D eigenvalue weighted by Gasteiger charge is 2.23. The highest BCUT2D eigenvalue weighted by molar-refractivity contribution is 5.81. The van der Waals surface area contributed by atoms with Crippen LogP contribution in [0.1, 0.15) is 72.6 Å². The Labute approximate surface area is 131 Å². The molecule has 0 aromatic carbocycles. The summed E-state index contributed by atoms with van der Waals surface area (Å²) in [5.74, 6) is 2.44. The Morgan fingerprint density at radius 2 is 2.05 bits per heavy atom. The molecule has 0 radical (unpaired) electrons. The van der Waals surface area contributed by atoms with Crippen molar-refractivity contribution >= 4 is 5.97 Å². The Morgan fingerprint density at radius 3 is 2.67 bits per heavy atom. The summed E-state index contributed by atoms with van der Waals surface area (Å²) in [5.41, 5.74) is 0. The summed E-state index contributed by atoms with van der Waals surface area (Å²) in [7, 11) is 0. The molecule has 4 unspecified atom stereocenters. The van der Waals surface area contributed by atoms with E-state index in [1.165, 1.54) is 38.5 Å². The molecule has 1 rings (SSSR count). The van der Waals surface area contributed by atoms with Gasteiger partial charge in [-0.05, 0) is 42.9 Å². The topological polar surface area (TPSA) is 26.3 Å². The first kappa shape index (κ1) is 18.3. The number of carbonyl (C=O) groups excluding carboxylic acids is 1. The predicted octanol–water partition coefficient (Wildman–Crippen LogP) is 5.37. The second kappa shape index (κ2) is 10.0. The number of carbonyl (C=O) groups is 1. The van der Waals surface area contributed by atoms with Gasteiger partial charge in [-0.3, -0.25) is 0 Å². The molecule has 0 aromatic heterocycles. The summed E-state index contributed by atoms with van der Waals surface area (Å²) < 4.78 is 5.41. The molecule has 0 bridgehead atoms. The van der Waals surface area contributed by atoms with E-state index in [0.717, 1.165) is 12.3 Å². The highest BCUT2D eigenvalue weighted by Crippen LogP contribution is 2.34. The minimum Gasteiger partial charge on any atom is -0.462 e. The van der Waals surface area contributed by atoms with Crippen LogP contribution in [-0.2, 0) is 9.53 Å². The molecule has 2 heteroatoms. The molecule has 1 saturated carbocycles. The molecule has 0 spiro atoms. The maximum atomic E-state index is 11.8. The predicted molar refractivity (Wildman–Crippen MR) is 89.1 cm³/mol. The second-order valence-corrected chi connectivity index (χ2v) is 6.97. The van der Waals surface area contributed by atoms with E-state index < -0.39 is 0 Å². The lowest BCUT2D eigenvalue weighted by molar-refractivity contribution is -0.139. The lowest BCUT2D eigenvalue weighted by Gasteiger charge is -2.30. The number of hydrogen-bond acceptors (Lipinski definition) is 2. The molecule has 1 aliphatic rings. The third-order valence-corrected chi connectivity index (χ3v) is 4.98. The number of unbranched alkanes of at least 4 members (excludes halogenated alkanes) is 1. The van der Waals surface area contributed by atoms with Crippen molar-refractivity contribution in [1.29, 1.82) is 0 Å². The van der Waals surface area contributed by atoms with Gasteiger partial charge in [-0.25, -0.2) is 4.79 Å². The summed E-state index contributed by atoms with van der Waals surface area (Å²) >= 11 is 0. The molecule has 0 aliphatic heterocycles. The number of hydrogen-bond donors (Lipinski definition) is 0. The fourth-order valence-electron chi connectivity index (χ4n) is 3.32. The van der Waals surface area contributed by atoms with Crippen molar-refractivity contribution in [2.75, 3.05) is 6.61 Å². The van der Waals surface area contributed by atoms with Gasteiger partial charge in [0.15, 0.2) is 0 Å². The van der Waals surface area contributed by atoms with E-state index in [0.29, 0.717) is 24.4 Å². The SMILES string of the molecule is CCCCC(CC)COC(=O)/C=C/C1CCC(C)CC1C. The molecule has 0 heterocycles. The lowest BCUT2D eigenvalue weighted by atomic mass is 9.75. The molecule has 1 aliphatic carbocycles. The average Bonchev–Trinajstić information content (AvgIpc) is 2.46. The van der Waals surface area contributed by atoms with Crippen LogP contribution in [0.15, 0.2) is 12.2 Å². The lowest BCUT2D eigenvalue weighted by Crippen LogP contribution is -2.20. The third-order valence-electron chi connectivity index (χ3n) is 4.98. The first-order chi connectivity index (χ1) is 10.1. The quantitative estimate of drug-likeness (QED) is 0.444. The Morgan fingerprint density at radius 1 is 1.29 bits per heavy atom. The van der Waals surface area contributed by atoms with Crippen LogP contribution in [0.25, 0.3) is 0 Å². The Bertz CT molecular complexity index is 322. The summed E-state index contributed by atoms with van der Waals surface area (Å²) in [6, 6.07) is 0. The third kappa shape index (κ3) is 7.15. The molecule has 0 saturated heterocycles. The standard InChI is InChI=1S/C19H34O2/c1-5-7-8-17(6-2)14-21-19(20)12-11-18-10-9-15(3)13-16(18)4/h11-12,15-18H,5-10,13-14H2,1-4H3/b12-11+. The van der Waals surface area contributed by atoms with Gasteiger partial charge >= 0.3 is 5.97 Å². The van der Waals surface area contributed by atoms with Crippen LogP contribution >= 0.6 is 0 Å². The van der Waals surface area contributed by atoms with Gasteiger partial charge in [0.05, 0.1) is 6.61 Å². The van der Waals surface area contributed by atoms with E-state index in [4.69, 9.17) is 4.74 Å². The van der Waals surface area contributed by atoms with Gasteiger partial charge in [-0.1, -0.05) is 59.5 Å². The van der Waals surface area contributed by atoms with Crippen molar-refractivity contribution in [3.63, 3.8) is 0 Å². The van der Waals surface area contributed by atoms with Crippen molar-refractivity contribution in [2.45, 2.75) is 72.6 Å². The molecule has 0 amide bonds. The van der Waals surface area contributed by atoms with E-state index in [1.807, 2.05) is 0 Å². The average molecular weight is 294 g/mol. The minimum absolute atomic E-state index is 0.157. The van der Waals surface area contributed by atoms with Crippen molar-refractivity contribution in [2.24, 2.45) is 23.7 Å². The molecular weight excluding hydrogens is 260 g/mol. The van der Waals surface area contributed by atoms with Gasteiger partial charge in [0.2, 0.25) is 0 Å². The number of rotatable bonds is 8. The van der Waals surface area contributed by atoms with Gasteiger partial charge in [-0.2, -0.15) is 0 Å². The van der Waals surface area contributed by atoms with Gasteiger partial charge in [0, 0.05) is 6.08 Å². The largest absolute Gasteiger partial charge is 0.462 e. The zero-order valence-electron chi connectivity index (χ0n) is 14.4. The first-order valence-electron chi connectivity index (χ1n) is 8.91. The maximum Gasteiger partial charge on any atom is 0.330 e. The second-order valence-electron chi connectivity index (χ2n) is 6.97. The zero-order chi connectivity index (χ0) is 15.7. The smallest absolute Gasteiger partial charge is 0.330 e. The van der Waals surface area contributed by atoms with Crippen LogP contribution in [0.3, 0.4) is 0 Å². The molecule has 4 atom stereocenters. The van der Waals surface area contributed by atoms with Gasteiger partial charge < -0.3 is 4.74 Å². The minimum atomic E-state index is -0.157. The van der Waals surface area contributed by atoms with E-state index in [9.17, 15) is 4.79 Å². The van der Waals surface area contributed by atoms with E-state index in [-0.39, 0.29) is 5.97 Å². The summed E-state index contributed by atoms with van der Waals surface area (Å²) in [4.78, 5) is 11.8. The van der Waals surface area contributed by atoms with Crippen LogP contribution in [0.4, 0.5) is 0 Å². The number of esters is 1. The summed E-state index contributed by atoms with van der Waals surface area (Å²) in [5, 5.41) is 0. The van der Waals surface area contributed by atoms with Gasteiger partial charge in [0.1, 0.15) is 0 Å². The Hall–Kier alpha value is -0.790. The molecule has 1 fully saturated rings. The van der Waals surface area contributed by atoms with Gasteiger partial charge in [0.25, 0.3) is 0 Å². The van der Waals surface area contributed by atoms with Crippen molar-refractivity contribution in [3.05, 3.63) is 12.2 Å². The highest BCUT2D eigenvalue weighted by atomic mass is 16.5. The molecule has 0 N–H and O–H groups in total. The number of allylic oxidation sites excluding steroid dienone is 1. The summed E-state index contributed by atoms with van der Waals surface area (Å²) in [6.07, 6.45) is 12.2. The normalized spacial score (nSPS) is 27.7. The van der Waals surface area contributed by atoms with E-state index in [1.54, 1.807) is 6.08 Å². The molecule has 21 heavy (non-hydrogen) atoms. The fourth-order valence-corrected chi connectivity index (χ4v) is 3.32. The van der Waals surface area contributed by atoms with Crippen LogP contribution < -0.4 is 0 Å². The first-order valence-corrected chi connectivity index (χ1v) is 8.91. The monoisotopic (exact) mass is 294 g/mol. The molecule has 122 valence electrons. The van der Waals surface area contributed by atoms with Crippen LogP contribution in [0, 0.1) is 23.7 Å². The van der Waals surface area contributed by atoms with Gasteiger partial charge in [-0.15, -0.1) is 0 Å². The fraction of sp³-hybridized carbons (Fsp3) is 0.842. The van der Waals surface area contributed by atoms with E-state index in [2.05, 4.69) is 33.8 Å². The maximum absolute atomic E-state index is 11.8. The van der Waals surface area contributed by atoms with Crippen LogP contribution in [-0.4, -0.2) is 12.6 Å².